The minimum atomic E-state index is -6.53. The summed E-state index contributed by atoms with van der Waals surface area (Å²) >= 11 is 0. The SMILES string of the molecule is O=C(O)c1cc(C(=O)O)c(C(=O)O)c(C(F)(F)C(F)(F)F)c1C(=O)O. The number of hydrogen-bond donors (Lipinski definition) is 4. The number of benzene rings is 1. The second-order valence-corrected chi connectivity index (χ2v) is 4.39. The Balaban J connectivity index is 4.33. The van der Waals surface area contributed by atoms with Crippen molar-refractivity contribution in [2.45, 2.75) is 12.1 Å². The van der Waals surface area contributed by atoms with Crippen molar-refractivity contribution >= 4 is 23.9 Å². The van der Waals surface area contributed by atoms with Crippen molar-refractivity contribution in [2.24, 2.45) is 0 Å². The molecular formula is C12H5F5O8. The number of carbonyl (C=O) groups is 4. The van der Waals surface area contributed by atoms with Gasteiger partial charge in [-0.15, -0.1) is 0 Å². The summed E-state index contributed by atoms with van der Waals surface area (Å²) in [4.78, 5) is 44.1. The lowest BCUT2D eigenvalue weighted by atomic mass is 9.87. The summed E-state index contributed by atoms with van der Waals surface area (Å²) < 4.78 is 65.4. The number of hydrogen-bond acceptors (Lipinski definition) is 4. The molecule has 0 spiro atoms. The summed E-state index contributed by atoms with van der Waals surface area (Å²) in [6.45, 7) is 0. The highest BCUT2D eigenvalue weighted by atomic mass is 19.4. The Kier molecular flexibility index (Phi) is 4.75. The monoisotopic (exact) mass is 372 g/mol. The highest BCUT2D eigenvalue weighted by Gasteiger charge is 2.62. The molecule has 4 N–H and O–H groups in total. The fraction of sp³-hybridized carbons (Fsp3) is 0.167. The molecule has 0 heterocycles. The van der Waals surface area contributed by atoms with E-state index in [1.54, 1.807) is 0 Å². The van der Waals surface area contributed by atoms with Crippen LogP contribution in [-0.4, -0.2) is 50.5 Å². The first-order chi connectivity index (χ1) is 11.1. The van der Waals surface area contributed by atoms with Gasteiger partial charge in [0.25, 0.3) is 0 Å². The van der Waals surface area contributed by atoms with Gasteiger partial charge in [-0.1, -0.05) is 0 Å². The van der Waals surface area contributed by atoms with Gasteiger partial charge in [0.15, 0.2) is 0 Å². The van der Waals surface area contributed by atoms with Gasteiger partial charge in [0, 0.05) is 0 Å². The molecule has 25 heavy (non-hydrogen) atoms. The van der Waals surface area contributed by atoms with E-state index in [0.717, 1.165) is 0 Å². The van der Waals surface area contributed by atoms with Gasteiger partial charge in [0.05, 0.1) is 27.8 Å². The van der Waals surface area contributed by atoms with Crippen molar-refractivity contribution in [3.05, 3.63) is 33.9 Å². The molecule has 0 aliphatic rings. The fourth-order valence-electron chi connectivity index (χ4n) is 1.92. The maximum atomic E-state index is 13.8. The largest absolute Gasteiger partial charge is 0.478 e. The molecular weight excluding hydrogens is 367 g/mol. The molecule has 0 aliphatic carbocycles. The van der Waals surface area contributed by atoms with E-state index in [2.05, 4.69) is 0 Å². The van der Waals surface area contributed by atoms with Crippen molar-refractivity contribution in [3.8, 4) is 0 Å². The Morgan fingerprint density at radius 2 is 1.00 bits per heavy atom. The smallest absolute Gasteiger partial charge is 0.458 e. The number of alkyl halides is 5. The topological polar surface area (TPSA) is 149 Å². The van der Waals surface area contributed by atoms with Crippen LogP contribution in [0.3, 0.4) is 0 Å². The predicted molar refractivity (Wildman–Crippen MR) is 64.2 cm³/mol. The van der Waals surface area contributed by atoms with Gasteiger partial charge in [-0.3, -0.25) is 0 Å². The van der Waals surface area contributed by atoms with Crippen LogP contribution in [0.2, 0.25) is 0 Å². The molecule has 0 saturated carbocycles. The highest BCUT2D eigenvalue weighted by Crippen LogP contribution is 2.47. The minimum Gasteiger partial charge on any atom is -0.478 e. The van der Waals surface area contributed by atoms with Gasteiger partial charge in [0.2, 0.25) is 0 Å². The third kappa shape index (κ3) is 3.20. The first-order valence-electron chi connectivity index (χ1n) is 5.73. The van der Waals surface area contributed by atoms with Crippen molar-refractivity contribution in [1.29, 1.82) is 0 Å². The van der Waals surface area contributed by atoms with Gasteiger partial charge in [-0.2, -0.15) is 22.0 Å². The zero-order chi connectivity index (χ0) is 19.9. The molecule has 1 aromatic rings. The first-order valence-corrected chi connectivity index (χ1v) is 5.73. The number of carboxylic acids is 4. The molecule has 0 aromatic heterocycles. The molecule has 136 valence electrons. The lowest BCUT2D eigenvalue weighted by molar-refractivity contribution is -0.289. The van der Waals surface area contributed by atoms with Crippen molar-refractivity contribution in [3.63, 3.8) is 0 Å². The Bertz CT molecular complexity index is 745. The summed E-state index contributed by atoms with van der Waals surface area (Å²) in [7, 11) is 0. The molecule has 1 aromatic carbocycles. The Labute approximate surface area is 132 Å². The third-order valence-electron chi connectivity index (χ3n) is 2.89. The van der Waals surface area contributed by atoms with Crippen LogP contribution in [0, 0.1) is 0 Å². The van der Waals surface area contributed by atoms with E-state index in [1.807, 2.05) is 0 Å². The third-order valence-corrected chi connectivity index (χ3v) is 2.89. The number of aromatic carboxylic acids is 4. The van der Waals surface area contributed by atoms with Crippen LogP contribution in [0.25, 0.3) is 0 Å². The van der Waals surface area contributed by atoms with E-state index in [-0.39, 0.29) is 6.07 Å². The second-order valence-electron chi connectivity index (χ2n) is 4.39. The van der Waals surface area contributed by atoms with Crippen molar-refractivity contribution in [1.82, 2.24) is 0 Å². The van der Waals surface area contributed by atoms with Gasteiger partial charge >= 0.3 is 36.0 Å². The van der Waals surface area contributed by atoms with E-state index in [1.165, 1.54) is 0 Å². The number of rotatable bonds is 5. The Morgan fingerprint density at radius 3 is 1.20 bits per heavy atom. The van der Waals surface area contributed by atoms with Crippen molar-refractivity contribution < 1.29 is 61.6 Å². The van der Waals surface area contributed by atoms with E-state index >= 15 is 0 Å². The van der Waals surface area contributed by atoms with Crippen LogP contribution in [0.1, 0.15) is 47.0 Å². The van der Waals surface area contributed by atoms with Gasteiger partial charge in [-0.05, 0) is 6.07 Å². The average Bonchev–Trinajstić information content (AvgIpc) is 2.42. The minimum absolute atomic E-state index is 0.118. The normalized spacial score (nSPS) is 11.9. The molecule has 0 atom stereocenters. The van der Waals surface area contributed by atoms with Crippen LogP contribution >= 0.6 is 0 Å². The summed E-state index contributed by atoms with van der Waals surface area (Å²) in [5.74, 6) is -16.1. The predicted octanol–water partition coefficient (Wildman–Crippen LogP) is 2.13. The van der Waals surface area contributed by atoms with E-state index < -0.39 is 63.8 Å². The molecule has 0 unspecified atom stereocenters. The van der Waals surface area contributed by atoms with Gasteiger partial charge < -0.3 is 20.4 Å². The Morgan fingerprint density at radius 1 is 0.680 bits per heavy atom. The van der Waals surface area contributed by atoms with E-state index in [4.69, 9.17) is 20.4 Å². The second kappa shape index (κ2) is 5.99. The lowest BCUT2D eigenvalue weighted by Gasteiger charge is -2.24. The van der Waals surface area contributed by atoms with E-state index in [9.17, 15) is 41.1 Å². The Hall–Kier alpha value is -3.25. The maximum absolute atomic E-state index is 13.8. The maximum Gasteiger partial charge on any atom is 0.458 e. The molecule has 13 heteroatoms. The molecule has 0 saturated heterocycles. The standard InChI is InChI=1S/C12H5F5O8/c13-11(14,12(15,16)17)6-4(9(22)23)2(7(18)19)1-3(8(20)21)5(6)10(24)25/h1H,(H,18,19)(H,20,21)(H,22,23)(H,24,25). The summed E-state index contributed by atoms with van der Waals surface area (Å²) in [6, 6.07) is -0.118. The average molecular weight is 372 g/mol. The molecule has 0 bridgehead atoms. The highest BCUT2D eigenvalue weighted by molar-refractivity contribution is 6.11. The zero-order valence-corrected chi connectivity index (χ0v) is 11.4. The molecule has 0 radical (unpaired) electrons. The number of carboxylic acid groups (broad SMARTS) is 4. The quantitative estimate of drug-likeness (QED) is 0.574. The summed E-state index contributed by atoms with van der Waals surface area (Å²) in [5, 5.41) is 35.3. The van der Waals surface area contributed by atoms with Crippen LogP contribution in [0.4, 0.5) is 22.0 Å². The molecule has 1 rings (SSSR count). The van der Waals surface area contributed by atoms with Crippen LogP contribution < -0.4 is 0 Å². The zero-order valence-electron chi connectivity index (χ0n) is 11.4. The number of halogens is 5. The van der Waals surface area contributed by atoms with Crippen LogP contribution in [-0.2, 0) is 5.92 Å². The summed E-state index contributed by atoms with van der Waals surface area (Å²) in [6.07, 6.45) is -6.53. The fourth-order valence-corrected chi connectivity index (χ4v) is 1.92. The summed E-state index contributed by atoms with van der Waals surface area (Å²) in [5.41, 5.74) is -10.6. The van der Waals surface area contributed by atoms with Crippen molar-refractivity contribution in [2.75, 3.05) is 0 Å². The molecule has 8 nitrogen and oxygen atoms in total. The van der Waals surface area contributed by atoms with E-state index in [0.29, 0.717) is 0 Å². The van der Waals surface area contributed by atoms with Gasteiger partial charge in [0.1, 0.15) is 0 Å². The van der Waals surface area contributed by atoms with Crippen LogP contribution in [0.15, 0.2) is 6.07 Å². The molecule has 0 fully saturated rings. The lowest BCUT2D eigenvalue weighted by Crippen LogP contribution is -2.38. The van der Waals surface area contributed by atoms with Crippen LogP contribution in [0.5, 0.6) is 0 Å². The molecule has 0 amide bonds. The van der Waals surface area contributed by atoms with Gasteiger partial charge in [-0.25, -0.2) is 19.2 Å². The first kappa shape index (κ1) is 19.8. The molecule has 0 aliphatic heterocycles.